The van der Waals surface area contributed by atoms with E-state index in [9.17, 15) is 4.79 Å². The van der Waals surface area contributed by atoms with Gasteiger partial charge in [0.1, 0.15) is 0 Å². The van der Waals surface area contributed by atoms with Crippen molar-refractivity contribution in [1.82, 2.24) is 5.32 Å². The van der Waals surface area contributed by atoms with Crippen molar-refractivity contribution in [3.63, 3.8) is 0 Å². The third-order valence-corrected chi connectivity index (χ3v) is 3.02. The summed E-state index contributed by atoms with van der Waals surface area (Å²) in [5, 5.41) is 3.90. The fraction of sp³-hybridized carbons (Fsp3) is 0.364. The number of benzene rings is 1. The Balaban J connectivity index is 2.73. The fourth-order valence-electron chi connectivity index (χ4n) is 1.16. The van der Waals surface area contributed by atoms with Gasteiger partial charge in [0.05, 0.1) is 16.1 Å². The molecule has 0 aliphatic carbocycles. The van der Waals surface area contributed by atoms with E-state index in [2.05, 4.69) is 5.32 Å². The molecule has 0 saturated heterocycles. The quantitative estimate of drug-likeness (QED) is 0.884. The van der Waals surface area contributed by atoms with Gasteiger partial charge in [0.2, 0.25) is 0 Å². The second-order valence-corrected chi connectivity index (χ2v) is 4.22. The van der Waals surface area contributed by atoms with Crippen molar-refractivity contribution in [2.24, 2.45) is 0 Å². The van der Waals surface area contributed by atoms with E-state index in [0.29, 0.717) is 16.5 Å². The van der Waals surface area contributed by atoms with Crippen molar-refractivity contribution in [2.75, 3.05) is 7.05 Å². The molecule has 0 amide bonds. The third kappa shape index (κ3) is 3.49. The molecule has 0 aliphatic rings. The van der Waals surface area contributed by atoms with Gasteiger partial charge in [-0.3, -0.25) is 4.79 Å². The van der Waals surface area contributed by atoms with Crippen molar-refractivity contribution >= 4 is 29.0 Å². The summed E-state index contributed by atoms with van der Waals surface area (Å²) in [6.45, 7) is 1.83. The summed E-state index contributed by atoms with van der Waals surface area (Å²) in [4.78, 5) is 11.6. The Morgan fingerprint density at radius 2 is 2.07 bits per heavy atom. The molecule has 0 radical (unpaired) electrons. The minimum absolute atomic E-state index is 0.135. The third-order valence-electron chi connectivity index (χ3n) is 2.28. The van der Waals surface area contributed by atoms with Crippen LogP contribution in [0.4, 0.5) is 0 Å². The van der Waals surface area contributed by atoms with Gasteiger partial charge >= 0.3 is 0 Å². The lowest BCUT2D eigenvalue weighted by molar-refractivity contribution is -0.119. The molecule has 1 N–H and O–H groups in total. The maximum absolute atomic E-state index is 11.6. The zero-order valence-electron chi connectivity index (χ0n) is 8.68. The van der Waals surface area contributed by atoms with Gasteiger partial charge in [0.15, 0.2) is 5.78 Å². The average molecular weight is 246 g/mol. The van der Waals surface area contributed by atoms with E-state index < -0.39 is 0 Å². The summed E-state index contributed by atoms with van der Waals surface area (Å²) in [5.41, 5.74) is 0.886. The first-order valence-corrected chi connectivity index (χ1v) is 5.44. The number of halogens is 2. The molecule has 0 bridgehead atoms. The summed E-state index contributed by atoms with van der Waals surface area (Å²) >= 11 is 11.6. The molecule has 0 heterocycles. The molecule has 2 nitrogen and oxygen atoms in total. The fourth-order valence-corrected chi connectivity index (χ4v) is 1.49. The predicted octanol–water partition coefficient (Wildman–Crippen LogP) is 2.71. The molecule has 15 heavy (non-hydrogen) atoms. The number of rotatable bonds is 4. The number of ketones is 1. The number of Topliss-reactive ketones (excluding diaryl/α,β-unsaturated/α-hetero) is 1. The smallest absolute Gasteiger partial charge is 0.153 e. The molecular weight excluding hydrogens is 233 g/mol. The molecule has 0 saturated carbocycles. The van der Waals surface area contributed by atoms with Gasteiger partial charge in [0, 0.05) is 6.42 Å². The van der Waals surface area contributed by atoms with Gasteiger partial charge in [-0.1, -0.05) is 29.3 Å². The number of carbonyl (C=O) groups is 1. The zero-order chi connectivity index (χ0) is 11.4. The van der Waals surface area contributed by atoms with Crippen LogP contribution in [0, 0.1) is 0 Å². The number of carbonyl (C=O) groups excluding carboxylic acids is 1. The van der Waals surface area contributed by atoms with E-state index >= 15 is 0 Å². The van der Waals surface area contributed by atoms with Crippen LogP contribution in [0.25, 0.3) is 0 Å². The number of nitrogens with one attached hydrogen (secondary N) is 1. The maximum Gasteiger partial charge on any atom is 0.153 e. The molecule has 1 rings (SSSR count). The van der Waals surface area contributed by atoms with Gasteiger partial charge in [-0.2, -0.15) is 0 Å². The molecule has 0 aliphatic heterocycles. The predicted molar refractivity (Wildman–Crippen MR) is 63.7 cm³/mol. The Hall–Kier alpha value is -0.570. The highest BCUT2D eigenvalue weighted by Gasteiger charge is 2.11. The molecule has 0 spiro atoms. The van der Waals surface area contributed by atoms with Gasteiger partial charge in [-0.05, 0) is 31.7 Å². The molecule has 82 valence electrons. The molecule has 0 fully saturated rings. The van der Waals surface area contributed by atoms with Gasteiger partial charge in [0.25, 0.3) is 0 Å². The minimum Gasteiger partial charge on any atom is -0.311 e. The molecule has 4 heteroatoms. The Kier molecular flexibility index (Phi) is 4.58. The van der Waals surface area contributed by atoms with E-state index in [1.54, 1.807) is 19.2 Å². The van der Waals surface area contributed by atoms with Crippen molar-refractivity contribution in [3.8, 4) is 0 Å². The van der Waals surface area contributed by atoms with E-state index in [0.717, 1.165) is 5.56 Å². The first-order chi connectivity index (χ1) is 7.04. The standard InChI is InChI=1S/C11H13Cl2NO/c1-7(14-2)11(15)6-8-3-4-9(12)10(13)5-8/h3-5,7,14H,6H2,1-2H3. The Bertz CT molecular complexity index is 366. The highest BCUT2D eigenvalue weighted by Crippen LogP contribution is 2.22. The van der Waals surface area contributed by atoms with Crippen LogP contribution in [0.5, 0.6) is 0 Å². The maximum atomic E-state index is 11.6. The molecule has 1 atom stereocenters. The van der Waals surface area contributed by atoms with Crippen molar-refractivity contribution in [2.45, 2.75) is 19.4 Å². The largest absolute Gasteiger partial charge is 0.311 e. The lowest BCUT2D eigenvalue weighted by Crippen LogP contribution is -2.31. The lowest BCUT2D eigenvalue weighted by Gasteiger charge is -2.09. The summed E-state index contributed by atoms with van der Waals surface area (Å²) < 4.78 is 0. The van der Waals surface area contributed by atoms with Crippen LogP contribution in [0.15, 0.2) is 18.2 Å². The van der Waals surface area contributed by atoms with Crippen molar-refractivity contribution in [1.29, 1.82) is 0 Å². The van der Waals surface area contributed by atoms with Gasteiger partial charge < -0.3 is 5.32 Å². The van der Waals surface area contributed by atoms with E-state index in [1.165, 1.54) is 0 Å². The number of hydrogen-bond acceptors (Lipinski definition) is 2. The van der Waals surface area contributed by atoms with Crippen LogP contribution in [0.3, 0.4) is 0 Å². The number of hydrogen-bond donors (Lipinski definition) is 1. The highest BCUT2D eigenvalue weighted by molar-refractivity contribution is 6.42. The molecule has 1 aromatic rings. The Labute approximate surface area is 99.6 Å². The SMILES string of the molecule is CNC(C)C(=O)Cc1ccc(Cl)c(Cl)c1. The summed E-state index contributed by atoms with van der Waals surface area (Å²) in [5.74, 6) is 0.135. The molecule has 1 aromatic carbocycles. The van der Waals surface area contributed by atoms with Crippen LogP contribution >= 0.6 is 23.2 Å². The second-order valence-electron chi connectivity index (χ2n) is 3.40. The molecule has 1 unspecified atom stereocenters. The first-order valence-electron chi connectivity index (χ1n) is 4.68. The lowest BCUT2D eigenvalue weighted by atomic mass is 10.1. The van der Waals surface area contributed by atoms with Crippen LogP contribution in [0.2, 0.25) is 10.0 Å². The highest BCUT2D eigenvalue weighted by atomic mass is 35.5. The monoisotopic (exact) mass is 245 g/mol. The van der Waals surface area contributed by atoms with Gasteiger partial charge in [-0.15, -0.1) is 0 Å². The van der Waals surface area contributed by atoms with Gasteiger partial charge in [-0.25, -0.2) is 0 Å². The Morgan fingerprint density at radius 1 is 1.40 bits per heavy atom. The summed E-state index contributed by atoms with van der Waals surface area (Å²) in [6, 6.07) is 5.11. The number of likely N-dealkylation sites (N-methyl/N-ethyl adjacent to an activating group) is 1. The van der Waals surface area contributed by atoms with Crippen LogP contribution in [-0.4, -0.2) is 18.9 Å². The topological polar surface area (TPSA) is 29.1 Å². The van der Waals surface area contributed by atoms with Crippen LogP contribution < -0.4 is 5.32 Å². The van der Waals surface area contributed by atoms with E-state index in [-0.39, 0.29) is 11.8 Å². The summed E-state index contributed by atoms with van der Waals surface area (Å²) in [7, 11) is 1.76. The summed E-state index contributed by atoms with van der Waals surface area (Å²) in [6.07, 6.45) is 0.374. The molecular formula is C11H13Cl2NO. The van der Waals surface area contributed by atoms with E-state index in [1.807, 2.05) is 13.0 Å². The second kappa shape index (κ2) is 5.50. The normalized spacial score (nSPS) is 12.5. The average Bonchev–Trinajstić information content (AvgIpc) is 2.22. The Morgan fingerprint density at radius 3 is 2.60 bits per heavy atom. The minimum atomic E-state index is -0.139. The zero-order valence-corrected chi connectivity index (χ0v) is 10.2. The van der Waals surface area contributed by atoms with E-state index in [4.69, 9.17) is 23.2 Å². The first kappa shape index (κ1) is 12.5. The molecule has 0 aromatic heterocycles. The van der Waals surface area contributed by atoms with Crippen LogP contribution in [0.1, 0.15) is 12.5 Å². The van der Waals surface area contributed by atoms with Crippen molar-refractivity contribution in [3.05, 3.63) is 33.8 Å². The van der Waals surface area contributed by atoms with Crippen LogP contribution in [-0.2, 0) is 11.2 Å². The van der Waals surface area contributed by atoms with Crippen molar-refractivity contribution < 1.29 is 4.79 Å².